The SMILES string of the molecule is CCCCCCCCCCC/C=C\C/C=C\CCCCCCCCCCCCCCC(O)C(=O)NC(CO)C(O)C(O)CCC/C=C/CC/C=C/CC/C=C/CCCCCCCCCCCCCCCCCCCCC. The zero-order valence-electron chi connectivity index (χ0n) is 50.8. The fourth-order valence-electron chi connectivity index (χ4n) is 10.4. The van der Waals surface area contributed by atoms with Crippen LogP contribution in [0.15, 0.2) is 60.8 Å². The number of carbonyl (C=O) groups is 1. The average Bonchev–Trinajstić information content (AvgIpc) is 3.42. The topological polar surface area (TPSA) is 110 Å². The van der Waals surface area contributed by atoms with Gasteiger partial charge in [-0.05, 0) is 96.3 Å². The third-order valence-electron chi connectivity index (χ3n) is 15.7. The van der Waals surface area contributed by atoms with E-state index in [9.17, 15) is 25.2 Å². The fraction of sp³-hybridized carbons (Fsp3) is 0.843. The molecular weight excluding hydrogens is 935 g/mol. The Hall–Kier alpha value is -1.99. The molecule has 0 saturated carbocycles. The van der Waals surface area contributed by atoms with Crippen LogP contribution < -0.4 is 5.32 Å². The van der Waals surface area contributed by atoms with E-state index in [4.69, 9.17) is 0 Å². The second-order valence-corrected chi connectivity index (χ2v) is 23.1. The molecule has 6 heteroatoms. The second-order valence-electron chi connectivity index (χ2n) is 23.1. The number of unbranched alkanes of at least 4 members (excludes halogenated alkanes) is 43. The molecule has 0 aromatic heterocycles. The summed E-state index contributed by atoms with van der Waals surface area (Å²) in [5.41, 5.74) is 0. The van der Waals surface area contributed by atoms with E-state index in [1.165, 1.54) is 257 Å². The van der Waals surface area contributed by atoms with Gasteiger partial charge < -0.3 is 25.7 Å². The third kappa shape index (κ3) is 56.7. The van der Waals surface area contributed by atoms with Crippen LogP contribution in [0.25, 0.3) is 0 Å². The molecule has 4 unspecified atom stereocenters. The molecule has 0 bridgehead atoms. The lowest BCUT2D eigenvalue weighted by molar-refractivity contribution is -0.132. The number of hydrogen-bond acceptors (Lipinski definition) is 5. The standard InChI is InChI=1S/C70H131NO5/c1-3-5-7-9-11-13-15-17-19-21-23-25-27-29-31-33-34-35-36-38-39-41-43-45-47-49-51-53-55-57-59-61-63-67(73)69(75)66(65-72)71-70(76)68(74)64-62-60-58-56-54-52-50-48-46-44-42-40-37-32-30-28-26-24-22-20-18-16-14-12-10-8-6-4-2/h24,26,30,32,39,41,47,49,55,57,66-69,72-75H,3-23,25,27-29,31,33-38,40,42-46,48,50-54,56,58-65H2,1-2H3,(H,71,76)/b26-24-,32-30-,41-39+,49-47+,57-55+. The molecule has 76 heavy (non-hydrogen) atoms. The number of allylic oxidation sites excluding steroid dienone is 10. The van der Waals surface area contributed by atoms with E-state index in [2.05, 4.69) is 79.9 Å². The number of aliphatic hydroxyl groups excluding tert-OH is 4. The lowest BCUT2D eigenvalue weighted by atomic mass is 10.00. The first-order chi connectivity index (χ1) is 37.5. The van der Waals surface area contributed by atoms with Crippen LogP contribution in [0.3, 0.4) is 0 Å². The van der Waals surface area contributed by atoms with Gasteiger partial charge in [0.1, 0.15) is 12.2 Å². The van der Waals surface area contributed by atoms with Gasteiger partial charge in [-0.25, -0.2) is 0 Å². The molecule has 0 aliphatic rings. The van der Waals surface area contributed by atoms with Crippen LogP contribution in [-0.4, -0.2) is 57.3 Å². The third-order valence-corrected chi connectivity index (χ3v) is 15.7. The minimum Gasteiger partial charge on any atom is -0.394 e. The highest BCUT2D eigenvalue weighted by molar-refractivity contribution is 5.80. The van der Waals surface area contributed by atoms with Crippen molar-refractivity contribution >= 4 is 5.91 Å². The molecular formula is C70H131NO5. The normalized spacial score (nSPS) is 13.9. The zero-order chi connectivity index (χ0) is 55.1. The van der Waals surface area contributed by atoms with Crippen molar-refractivity contribution in [2.45, 2.75) is 372 Å². The first-order valence-corrected chi connectivity index (χ1v) is 33.7. The minimum atomic E-state index is -1.30. The van der Waals surface area contributed by atoms with Crippen LogP contribution in [0, 0.1) is 0 Å². The van der Waals surface area contributed by atoms with Crippen molar-refractivity contribution < 1.29 is 25.2 Å². The number of hydrogen-bond donors (Lipinski definition) is 5. The van der Waals surface area contributed by atoms with Gasteiger partial charge in [0.05, 0.1) is 18.8 Å². The van der Waals surface area contributed by atoms with Crippen molar-refractivity contribution in [1.82, 2.24) is 5.32 Å². The van der Waals surface area contributed by atoms with E-state index >= 15 is 0 Å². The molecule has 0 rings (SSSR count). The van der Waals surface area contributed by atoms with E-state index in [0.717, 1.165) is 57.8 Å². The van der Waals surface area contributed by atoms with Crippen molar-refractivity contribution in [2.75, 3.05) is 6.61 Å². The highest BCUT2D eigenvalue weighted by atomic mass is 16.3. The lowest BCUT2D eigenvalue weighted by Crippen LogP contribution is -2.53. The number of aliphatic hydroxyl groups is 4. The van der Waals surface area contributed by atoms with Crippen molar-refractivity contribution in [1.29, 1.82) is 0 Å². The Morgan fingerprint density at radius 2 is 0.592 bits per heavy atom. The van der Waals surface area contributed by atoms with Gasteiger partial charge in [-0.2, -0.15) is 0 Å². The average molecular weight is 1070 g/mol. The second kappa shape index (κ2) is 63.8. The van der Waals surface area contributed by atoms with Gasteiger partial charge in [0.2, 0.25) is 5.91 Å². The molecule has 0 radical (unpaired) electrons. The molecule has 0 aromatic carbocycles. The van der Waals surface area contributed by atoms with Gasteiger partial charge >= 0.3 is 0 Å². The summed E-state index contributed by atoms with van der Waals surface area (Å²) in [5.74, 6) is -0.598. The Labute approximate surface area is 473 Å². The molecule has 0 aliphatic carbocycles. The van der Waals surface area contributed by atoms with E-state index in [1.54, 1.807) is 0 Å². The molecule has 0 aliphatic heterocycles. The molecule has 0 saturated heterocycles. The smallest absolute Gasteiger partial charge is 0.249 e. The van der Waals surface area contributed by atoms with Crippen LogP contribution in [0.5, 0.6) is 0 Å². The molecule has 6 nitrogen and oxygen atoms in total. The monoisotopic (exact) mass is 1070 g/mol. The van der Waals surface area contributed by atoms with Crippen molar-refractivity contribution in [3.8, 4) is 0 Å². The summed E-state index contributed by atoms with van der Waals surface area (Å²) in [5, 5.41) is 44.1. The predicted octanol–water partition coefficient (Wildman–Crippen LogP) is 20.7. The molecule has 0 fully saturated rings. The fourth-order valence-corrected chi connectivity index (χ4v) is 10.4. The molecule has 5 N–H and O–H groups in total. The van der Waals surface area contributed by atoms with Crippen LogP contribution >= 0.6 is 0 Å². The first-order valence-electron chi connectivity index (χ1n) is 33.7. The first kappa shape index (κ1) is 74.0. The quantitative estimate of drug-likeness (QED) is 0.0308. The summed E-state index contributed by atoms with van der Waals surface area (Å²) < 4.78 is 0. The summed E-state index contributed by atoms with van der Waals surface area (Å²) in [6.07, 6.45) is 84.8. The van der Waals surface area contributed by atoms with Crippen molar-refractivity contribution in [2.24, 2.45) is 0 Å². The van der Waals surface area contributed by atoms with Crippen LogP contribution in [-0.2, 0) is 4.79 Å². The number of carbonyl (C=O) groups excluding carboxylic acids is 1. The van der Waals surface area contributed by atoms with Gasteiger partial charge in [0, 0.05) is 0 Å². The van der Waals surface area contributed by atoms with Gasteiger partial charge in [-0.3, -0.25) is 4.79 Å². The molecule has 0 spiro atoms. The largest absolute Gasteiger partial charge is 0.394 e. The number of amides is 1. The summed E-state index contributed by atoms with van der Waals surface area (Å²) in [6, 6.07) is -1.02. The van der Waals surface area contributed by atoms with Gasteiger partial charge in [0.15, 0.2) is 0 Å². The van der Waals surface area contributed by atoms with Crippen molar-refractivity contribution in [3.63, 3.8) is 0 Å². The van der Waals surface area contributed by atoms with E-state index in [-0.39, 0.29) is 0 Å². The summed E-state index contributed by atoms with van der Waals surface area (Å²) >= 11 is 0. The lowest BCUT2D eigenvalue weighted by Gasteiger charge is -2.27. The Kier molecular flexibility index (Phi) is 62.2. The van der Waals surface area contributed by atoms with Gasteiger partial charge in [-0.15, -0.1) is 0 Å². The zero-order valence-corrected chi connectivity index (χ0v) is 50.8. The molecule has 0 aromatic rings. The molecule has 0 heterocycles. The maximum Gasteiger partial charge on any atom is 0.249 e. The summed E-state index contributed by atoms with van der Waals surface area (Å²) in [6.45, 7) is 4.08. The van der Waals surface area contributed by atoms with Crippen molar-refractivity contribution in [3.05, 3.63) is 60.8 Å². The predicted molar refractivity (Wildman–Crippen MR) is 334 cm³/mol. The number of nitrogens with one attached hydrogen (secondary N) is 1. The number of rotatable bonds is 62. The summed E-state index contributed by atoms with van der Waals surface area (Å²) in [4.78, 5) is 12.6. The Balaban J connectivity index is 3.66. The van der Waals surface area contributed by atoms with Gasteiger partial charge in [0.25, 0.3) is 0 Å². The van der Waals surface area contributed by atoms with Crippen LogP contribution in [0.1, 0.15) is 348 Å². The Morgan fingerprint density at radius 3 is 0.908 bits per heavy atom. The van der Waals surface area contributed by atoms with E-state index < -0.39 is 36.9 Å². The minimum absolute atomic E-state index is 0.355. The highest BCUT2D eigenvalue weighted by Crippen LogP contribution is 2.18. The maximum atomic E-state index is 12.6. The molecule has 446 valence electrons. The summed E-state index contributed by atoms with van der Waals surface area (Å²) in [7, 11) is 0. The van der Waals surface area contributed by atoms with Crippen LogP contribution in [0.2, 0.25) is 0 Å². The molecule has 4 atom stereocenters. The Morgan fingerprint density at radius 1 is 0.329 bits per heavy atom. The van der Waals surface area contributed by atoms with Crippen LogP contribution in [0.4, 0.5) is 0 Å². The molecule has 1 amide bonds. The van der Waals surface area contributed by atoms with Gasteiger partial charge in [-0.1, -0.05) is 312 Å². The van der Waals surface area contributed by atoms with E-state index in [1.807, 2.05) is 0 Å². The Bertz CT molecular complexity index is 1290. The van der Waals surface area contributed by atoms with E-state index in [0.29, 0.717) is 19.3 Å². The highest BCUT2D eigenvalue weighted by Gasteiger charge is 2.28. The maximum absolute atomic E-state index is 12.6.